The molecule has 0 bridgehead atoms. The second kappa shape index (κ2) is 8.14. The lowest BCUT2D eigenvalue weighted by molar-refractivity contribution is -0.118. The first kappa shape index (κ1) is 11.9. The lowest BCUT2D eigenvalue weighted by Crippen LogP contribution is -2.13. The molecule has 3 heteroatoms. The van der Waals surface area contributed by atoms with E-state index < -0.39 is 0 Å². The summed E-state index contributed by atoms with van der Waals surface area (Å²) in [5, 5.41) is 3.64. The standard InChI is InChI=1S/C5H10N2O.C2H6/c1-4(2)6-7-5(3)8;1-2/h1-3H3,(H,7,8);1-2H3. The van der Waals surface area contributed by atoms with Crippen LogP contribution in [0.25, 0.3) is 0 Å². The SMILES string of the molecule is CC.CC(=O)NN=C(C)C. The molecule has 60 valence electrons. The second-order valence-corrected chi connectivity index (χ2v) is 1.73. The van der Waals surface area contributed by atoms with Crippen molar-refractivity contribution in [1.82, 2.24) is 5.43 Å². The zero-order valence-corrected chi connectivity index (χ0v) is 7.36. The molecule has 0 aromatic rings. The van der Waals surface area contributed by atoms with Crippen molar-refractivity contribution in [2.24, 2.45) is 5.10 Å². The van der Waals surface area contributed by atoms with Crippen LogP contribution in [0.2, 0.25) is 0 Å². The Labute approximate surface area is 62.5 Å². The minimum absolute atomic E-state index is 0.133. The van der Waals surface area contributed by atoms with Gasteiger partial charge in [0.2, 0.25) is 5.91 Å². The minimum atomic E-state index is -0.133. The molecule has 0 radical (unpaired) electrons. The number of carbonyl (C=O) groups is 1. The van der Waals surface area contributed by atoms with E-state index >= 15 is 0 Å². The molecule has 10 heavy (non-hydrogen) atoms. The maximum absolute atomic E-state index is 10.1. The van der Waals surface area contributed by atoms with E-state index in [9.17, 15) is 4.79 Å². The van der Waals surface area contributed by atoms with Gasteiger partial charge in [0.05, 0.1) is 0 Å². The Kier molecular flexibility index (Phi) is 9.67. The van der Waals surface area contributed by atoms with Crippen LogP contribution in [0.1, 0.15) is 34.6 Å². The van der Waals surface area contributed by atoms with Crippen molar-refractivity contribution in [3.8, 4) is 0 Å². The Morgan fingerprint density at radius 1 is 1.20 bits per heavy atom. The van der Waals surface area contributed by atoms with Crippen LogP contribution in [-0.2, 0) is 4.79 Å². The highest BCUT2D eigenvalue weighted by Gasteiger charge is 1.82. The molecule has 0 saturated carbocycles. The fraction of sp³-hybridized carbons (Fsp3) is 0.714. The molecule has 0 aliphatic heterocycles. The average molecular weight is 144 g/mol. The lowest BCUT2D eigenvalue weighted by atomic mass is 10.5. The maximum atomic E-state index is 10.1. The molecular weight excluding hydrogens is 128 g/mol. The molecule has 0 rings (SSSR count). The first-order chi connectivity index (χ1) is 4.63. The van der Waals surface area contributed by atoms with E-state index in [1.54, 1.807) is 0 Å². The van der Waals surface area contributed by atoms with Gasteiger partial charge in [-0.25, -0.2) is 5.43 Å². The zero-order chi connectivity index (χ0) is 8.57. The number of hydrogen-bond acceptors (Lipinski definition) is 2. The number of amides is 1. The molecule has 0 aromatic carbocycles. The van der Waals surface area contributed by atoms with Gasteiger partial charge in [-0.1, -0.05) is 13.8 Å². The average Bonchev–Trinajstić information content (AvgIpc) is 1.89. The highest BCUT2D eigenvalue weighted by Crippen LogP contribution is 1.68. The normalized spacial score (nSPS) is 6.90. The van der Waals surface area contributed by atoms with Crippen molar-refractivity contribution in [2.75, 3.05) is 0 Å². The zero-order valence-electron chi connectivity index (χ0n) is 7.36. The van der Waals surface area contributed by atoms with Crippen molar-refractivity contribution in [3.05, 3.63) is 0 Å². The van der Waals surface area contributed by atoms with Crippen molar-refractivity contribution < 1.29 is 4.79 Å². The lowest BCUT2D eigenvalue weighted by Gasteiger charge is -1.90. The summed E-state index contributed by atoms with van der Waals surface area (Å²) < 4.78 is 0. The fourth-order valence-electron chi connectivity index (χ4n) is 0.191. The predicted molar refractivity (Wildman–Crippen MR) is 43.9 cm³/mol. The van der Waals surface area contributed by atoms with Gasteiger partial charge in [-0.2, -0.15) is 5.10 Å². The van der Waals surface area contributed by atoms with Crippen LogP contribution in [0.5, 0.6) is 0 Å². The highest BCUT2D eigenvalue weighted by atomic mass is 16.2. The van der Waals surface area contributed by atoms with Gasteiger partial charge in [-0.3, -0.25) is 4.79 Å². The van der Waals surface area contributed by atoms with Crippen molar-refractivity contribution in [2.45, 2.75) is 34.6 Å². The summed E-state index contributed by atoms with van der Waals surface area (Å²) in [6.07, 6.45) is 0. The van der Waals surface area contributed by atoms with Gasteiger partial charge < -0.3 is 0 Å². The van der Waals surface area contributed by atoms with Gasteiger partial charge >= 0.3 is 0 Å². The molecule has 0 aliphatic rings. The maximum Gasteiger partial charge on any atom is 0.236 e. The van der Waals surface area contributed by atoms with Gasteiger partial charge in [0.25, 0.3) is 0 Å². The first-order valence-electron chi connectivity index (χ1n) is 3.40. The Hall–Kier alpha value is -0.860. The fourth-order valence-corrected chi connectivity index (χ4v) is 0.191. The van der Waals surface area contributed by atoms with Crippen LogP contribution in [0.15, 0.2) is 5.10 Å². The monoisotopic (exact) mass is 144 g/mol. The highest BCUT2D eigenvalue weighted by molar-refractivity contribution is 5.81. The summed E-state index contributed by atoms with van der Waals surface area (Å²) in [7, 11) is 0. The van der Waals surface area contributed by atoms with E-state index in [-0.39, 0.29) is 5.91 Å². The Balaban J connectivity index is 0. The third-order valence-electron chi connectivity index (χ3n) is 0.437. The van der Waals surface area contributed by atoms with E-state index in [1.807, 2.05) is 27.7 Å². The quantitative estimate of drug-likeness (QED) is 0.440. The molecule has 1 N–H and O–H groups in total. The van der Waals surface area contributed by atoms with Crippen LogP contribution in [0.3, 0.4) is 0 Å². The summed E-state index contributed by atoms with van der Waals surface area (Å²) in [6, 6.07) is 0. The second-order valence-electron chi connectivity index (χ2n) is 1.73. The molecule has 0 aromatic heterocycles. The van der Waals surface area contributed by atoms with E-state index in [1.165, 1.54) is 6.92 Å². The third-order valence-corrected chi connectivity index (χ3v) is 0.437. The summed E-state index contributed by atoms with van der Waals surface area (Å²) in [4.78, 5) is 10.1. The topological polar surface area (TPSA) is 41.5 Å². The Morgan fingerprint density at radius 3 is 1.70 bits per heavy atom. The van der Waals surface area contributed by atoms with Crippen molar-refractivity contribution in [1.29, 1.82) is 0 Å². The van der Waals surface area contributed by atoms with Crippen LogP contribution < -0.4 is 5.43 Å². The van der Waals surface area contributed by atoms with E-state index in [0.717, 1.165) is 5.71 Å². The summed E-state index contributed by atoms with van der Waals surface area (Å²) in [6.45, 7) is 9.05. The molecule has 0 atom stereocenters. The van der Waals surface area contributed by atoms with Crippen molar-refractivity contribution in [3.63, 3.8) is 0 Å². The third kappa shape index (κ3) is 15.7. The Bertz CT molecular complexity index is 115. The van der Waals surface area contributed by atoms with Crippen LogP contribution >= 0.6 is 0 Å². The predicted octanol–water partition coefficient (Wildman–Crippen LogP) is 1.54. The molecule has 0 spiro atoms. The molecule has 0 heterocycles. The van der Waals surface area contributed by atoms with Crippen molar-refractivity contribution >= 4 is 11.6 Å². The summed E-state index contributed by atoms with van der Waals surface area (Å²) >= 11 is 0. The van der Waals surface area contributed by atoms with Gasteiger partial charge in [-0.05, 0) is 13.8 Å². The molecule has 0 unspecified atom stereocenters. The molecule has 3 nitrogen and oxygen atoms in total. The summed E-state index contributed by atoms with van der Waals surface area (Å²) in [5.74, 6) is -0.133. The number of nitrogens with one attached hydrogen (secondary N) is 1. The van der Waals surface area contributed by atoms with Gasteiger partial charge in [0.15, 0.2) is 0 Å². The van der Waals surface area contributed by atoms with Gasteiger partial charge in [-0.15, -0.1) is 0 Å². The van der Waals surface area contributed by atoms with E-state index in [0.29, 0.717) is 0 Å². The van der Waals surface area contributed by atoms with Gasteiger partial charge in [0, 0.05) is 12.6 Å². The molecule has 0 aliphatic carbocycles. The number of carbonyl (C=O) groups excluding carboxylic acids is 1. The Morgan fingerprint density at radius 2 is 1.60 bits per heavy atom. The molecule has 0 fully saturated rings. The van der Waals surface area contributed by atoms with Crippen LogP contribution in [0.4, 0.5) is 0 Å². The molecule has 0 saturated heterocycles. The van der Waals surface area contributed by atoms with Gasteiger partial charge in [0.1, 0.15) is 0 Å². The number of nitrogens with zero attached hydrogens (tertiary/aromatic N) is 1. The first-order valence-corrected chi connectivity index (χ1v) is 3.40. The van der Waals surface area contributed by atoms with Crippen LogP contribution in [0, 0.1) is 0 Å². The van der Waals surface area contributed by atoms with Crippen LogP contribution in [-0.4, -0.2) is 11.6 Å². The largest absolute Gasteiger partial charge is 0.274 e. The number of hydrazone groups is 1. The molecular formula is C7H16N2O. The molecule has 1 amide bonds. The number of hydrogen-bond donors (Lipinski definition) is 1. The minimum Gasteiger partial charge on any atom is -0.274 e. The van der Waals surface area contributed by atoms with E-state index in [2.05, 4.69) is 10.5 Å². The number of rotatable bonds is 1. The smallest absolute Gasteiger partial charge is 0.236 e. The summed E-state index contributed by atoms with van der Waals surface area (Å²) in [5.41, 5.74) is 3.14. The van der Waals surface area contributed by atoms with E-state index in [4.69, 9.17) is 0 Å².